The molecule has 7 nitrogen and oxygen atoms in total. The lowest BCUT2D eigenvalue weighted by atomic mass is 10.1. The predicted molar refractivity (Wildman–Crippen MR) is 77.5 cm³/mol. The van der Waals surface area contributed by atoms with Crippen molar-refractivity contribution in [3.05, 3.63) is 28.7 Å². The maximum atomic E-state index is 12.1. The van der Waals surface area contributed by atoms with Crippen LogP contribution in [0.1, 0.15) is 12.8 Å². The topological polar surface area (TPSA) is 84.0 Å². The molecule has 1 unspecified atom stereocenters. The molecule has 0 bridgehead atoms. The molecule has 1 aromatic rings. The summed E-state index contributed by atoms with van der Waals surface area (Å²) < 4.78 is 26.7. The molecule has 8 heteroatoms. The third kappa shape index (κ3) is 3.70. The molecule has 1 aliphatic heterocycles. The molecule has 1 aromatic heterocycles. The Morgan fingerprint density at radius 1 is 1.43 bits per heavy atom. The first-order valence-electron chi connectivity index (χ1n) is 6.95. The molecule has 0 saturated carbocycles. The summed E-state index contributed by atoms with van der Waals surface area (Å²) in [5, 5.41) is 9.67. The number of likely N-dealkylation sites (tertiary alicyclic amines) is 1. The van der Waals surface area contributed by atoms with Crippen LogP contribution in [0.15, 0.2) is 28.0 Å². The summed E-state index contributed by atoms with van der Waals surface area (Å²) in [5.74, 6) is 0. The van der Waals surface area contributed by atoms with Crippen molar-refractivity contribution in [3.63, 3.8) is 0 Å². The van der Waals surface area contributed by atoms with Crippen molar-refractivity contribution in [2.24, 2.45) is 0 Å². The Bertz CT molecular complexity index is 654. The van der Waals surface area contributed by atoms with Crippen LogP contribution in [0.2, 0.25) is 0 Å². The molecule has 0 aliphatic carbocycles. The van der Waals surface area contributed by atoms with Gasteiger partial charge in [0.1, 0.15) is 12.6 Å². The number of quaternary nitrogens is 1. The van der Waals surface area contributed by atoms with E-state index >= 15 is 0 Å². The van der Waals surface area contributed by atoms with Crippen LogP contribution in [-0.2, 0) is 16.7 Å². The van der Waals surface area contributed by atoms with Crippen LogP contribution in [0, 0.1) is 0 Å². The van der Waals surface area contributed by atoms with Crippen molar-refractivity contribution in [1.82, 2.24) is 8.87 Å². The van der Waals surface area contributed by atoms with E-state index in [-0.39, 0.29) is 16.6 Å². The van der Waals surface area contributed by atoms with Crippen LogP contribution in [0.25, 0.3) is 0 Å². The van der Waals surface area contributed by atoms with Gasteiger partial charge in [0, 0.05) is 26.4 Å². The molecule has 2 N–H and O–H groups in total. The average molecular weight is 316 g/mol. The molecule has 118 valence electrons. The van der Waals surface area contributed by atoms with Gasteiger partial charge in [-0.25, -0.2) is 12.7 Å². The second kappa shape index (κ2) is 6.27. The number of aliphatic hydroxyl groups excluding tert-OH is 1. The summed E-state index contributed by atoms with van der Waals surface area (Å²) in [5.41, 5.74) is -0.236. The minimum atomic E-state index is -3.55. The molecule has 0 aromatic carbocycles. The minimum Gasteiger partial charge on any atom is -0.387 e. The molecule has 2 rings (SSSR count). The van der Waals surface area contributed by atoms with E-state index in [0.29, 0.717) is 13.2 Å². The first-order valence-corrected chi connectivity index (χ1v) is 8.39. The summed E-state index contributed by atoms with van der Waals surface area (Å²) in [6, 6.07) is 2.60. The Morgan fingerprint density at radius 3 is 2.76 bits per heavy atom. The second-order valence-corrected chi connectivity index (χ2v) is 7.77. The molecule has 1 saturated heterocycles. The van der Waals surface area contributed by atoms with Crippen molar-refractivity contribution in [2.75, 3.05) is 27.2 Å². The zero-order valence-electron chi connectivity index (χ0n) is 12.3. The largest absolute Gasteiger partial charge is 0.387 e. The van der Waals surface area contributed by atoms with E-state index in [9.17, 15) is 18.3 Å². The molecule has 21 heavy (non-hydrogen) atoms. The predicted octanol–water partition coefficient (Wildman–Crippen LogP) is -1.90. The molecule has 1 fully saturated rings. The number of aliphatic hydroxyl groups is 1. The van der Waals surface area contributed by atoms with Crippen molar-refractivity contribution in [2.45, 2.75) is 30.5 Å². The standard InChI is InChI=1S/C13H21N3O4S/c1-14(2)21(19,20)12-5-6-13(18)16(9-12)10-15-7-3-4-11(17)8-15/h5-6,9,11,17H,3-4,7-8,10H2,1-2H3/p+1/t11-/m0/s1. The summed E-state index contributed by atoms with van der Waals surface area (Å²) in [7, 11) is -0.642. The number of nitrogens with zero attached hydrogens (tertiary/aromatic N) is 2. The van der Waals surface area contributed by atoms with Gasteiger partial charge in [0.2, 0.25) is 10.0 Å². The first-order chi connectivity index (χ1) is 9.80. The van der Waals surface area contributed by atoms with Crippen LogP contribution in [0.5, 0.6) is 0 Å². The Labute approximate surface area is 124 Å². The summed E-state index contributed by atoms with van der Waals surface area (Å²) in [6.45, 7) is 1.82. The third-order valence-corrected chi connectivity index (χ3v) is 5.52. The number of rotatable bonds is 4. The van der Waals surface area contributed by atoms with Gasteiger partial charge in [-0.15, -0.1) is 0 Å². The third-order valence-electron chi connectivity index (χ3n) is 3.72. The summed E-state index contributed by atoms with van der Waals surface area (Å²) in [4.78, 5) is 13.1. The van der Waals surface area contributed by atoms with Crippen LogP contribution < -0.4 is 10.5 Å². The molecular weight excluding hydrogens is 294 g/mol. The Morgan fingerprint density at radius 2 is 2.14 bits per heavy atom. The fourth-order valence-corrected chi connectivity index (χ4v) is 3.43. The number of aromatic nitrogens is 1. The molecule has 1 aliphatic rings. The van der Waals surface area contributed by atoms with Gasteiger partial charge in [-0.1, -0.05) is 0 Å². The fourth-order valence-electron chi connectivity index (χ4n) is 2.51. The maximum Gasteiger partial charge on any atom is 0.254 e. The number of hydrogen-bond acceptors (Lipinski definition) is 4. The normalized spacial score (nSPS) is 23.4. The van der Waals surface area contributed by atoms with Gasteiger partial charge in [0.25, 0.3) is 5.56 Å². The lowest BCUT2D eigenvalue weighted by Crippen LogP contribution is -3.13. The quantitative estimate of drug-likeness (QED) is 0.679. The highest BCUT2D eigenvalue weighted by molar-refractivity contribution is 7.89. The number of sulfonamides is 1. The fraction of sp³-hybridized carbons (Fsp3) is 0.615. The Hall–Kier alpha value is -1.22. The number of piperidine rings is 1. The summed E-state index contributed by atoms with van der Waals surface area (Å²) >= 11 is 0. The van der Waals surface area contributed by atoms with E-state index in [0.717, 1.165) is 28.6 Å². The maximum absolute atomic E-state index is 12.1. The van der Waals surface area contributed by atoms with Crippen LogP contribution in [0.4, 0.5) is 0 Å². The van der Waals surface area contributed by atoms with Gasteiger partial charge >= 0.3 is 0 Å². The van der Waals surface area contributed by atoms with E-state index in [1.54, 1.807) is 0 Å². The number of nitrogens with one attached hydrogen (secondary N) is 1. The average Bonchev–Trinajstić information content (AvgIpc) is 2.41. The van der Waals surface area contributed by atoms with Crippen LogP contribution >= 0.6 is 0 Å². The molecule has 0 spiro atoms. The molecule has 2 heterocycles. The van der Waals surface area contributed by atoms with E-state index in [2.05, 4.69) is 0 Å². The number of pyridine rings is 1. The molecule has 0 radical (unpaired) electrons. The van der Waals surface area contributed by atoms with Crippen LogP contribution in [-0.4, -0.2) is 55.7 Å². The monoisotopic (exact) mass is 316 g/mol. The van der Waals surface area contributed by atoms with E-state index < -0.39 is 10.0 Å². The van der Waals surface area contributed by atoms with Gasteiger partial charge in [0.05, 0.1) is 11.4 Å². The molecule has 0 amide bonds. The highest BCUT2D eigenvalue weighted by atomic mass is 32.2. The smallest absolute Gasteiger partial charge is 0.254 e. The van der Waals surface area contributed by atoms with E-state index in [1.165, 1.54) is 37.0 Å². The van der Waals surface area contributed by atoms with Crippen LogP contribution in [0.3, 0.4) is 0 Å². The zero-order valence-corrected chi connectivity index (χ0v) is 13.1. The Balaban J connectivity index is 2.26. The summed E-state index contributed by atoms with van der Waals surface area (Å²) in [6.07, 6.45) is 2.72. The second-order valence-electron chi connectivity index (χ2n) is 5.62. The SMILES string of the molecule is CN(C)S(=O)(=O)c1ccc(=O)n(C[NH+]2CCC[C@H](O)C2)c1. The van der Waals surface area contributed by atoms with Crippen molar-refractivity contribution in [1.29, 1.82) is 0 Å². The van der Waals surface area contributed by atoms with E-state index in [4.69, 9.17) is 0 Å². The van der Waals surface area contributed by atoms with E-state index in [1.807, 2.05) is 0 Å². The van der Waals surface area contributed by atoms with Crippen molar-refractivity contribution in [3.8, 4) is 0 Å². The lowest BCUT2D eigenvalue weighted by Gasteiger charge is -2.27. The van der Waals surface area contributed by atoms with Gasteiger partial charge in [-0.3, -0.25) is 9.36 Å². The van der Waals surface area contributed by atoms with Gasteiger partial charge < -0.3 is 10.0 Å². The van der Waals surface area contributed by atoms with Gasteiger partial charge in [-0.2, -0.15) is 0 Å². The molecular formula is C13H22N3O4S+. The lowest BCUT2D eigenvalue weighted by molar-refractivity contribution is -0.930. The van der Waals surface area contributed by atoms with Gasteiger partial charge in [-0.05, 0) is 18.9 Å². The van der Waals surface area contributed by atoms with Gasteiger partial charge in [0.15, 0.2) is 6.67 Å². The first kappa shape index (κ1) is 16.2. The number of hydrogen-bond donors (Lipinski definition) is 2. The molecule has 2 atom stereocenters. The Kier molecular flexibility index (Phi) is 4.82. The highest BCUT2D eigenvalue weighted by Gasteiger charge is 2.23. The minimum absolute atomic E-state index is 0.101. The highest BCUT2D eigenvalue weighted by Crippen LogP contribution is 2.10. The van der Waals surface area contributed by atoms with Crippen molar-refractivity contribution < 1.29 is 18.4 Å². The zero-order chi connectivity index (χ0) is 15.6. The van der Waals surface area contributed by atoms with Crippen molar-refractivity contribution >= 4 is 10.0 Å².